The van der Waals surface area contributed by atoms with Crippen molar-refractivity contribution in [1.29, 1.82) is 0 Å². The first kappa shape index (κ1) is 13.4. The zero-order valence-electron chi connectivity index (χ0n) is 11.3. The van der Waals surface area contributed by atoms with Gasteiger partial charge < -0.3 is 5.32 Å². The van der Waals surface area contributed by atoms with Gasteiger partial charge in [-0.15, -0.1) is 0 Å². The summed E-state index contributed by atoms with van der Waals surface area (Å²) in [4.78, 5) is 12.7. The van der Waals surface area contributed by atoms with Crippen LogP contribution in [0.3, 0.4) is 0 Å². The van der Waals surface area contributed by atoms with E-state index in [-0.39, 0.29) is 5.78 Å². The quantitative estimate of drug-likeness (QED) is 0.873. The predicted octanol–water partition coefficient (Wildman–Crippen LogP) is 3.25. The Balaban J connectivity index is 1.98. The van der Waals surface area contributed by atoms with Crippen molar-refractivity contribution in [1.82, 2.24) is 9.78 Å². The van der Waals surface area contributed by atoms with Gasteiger partial charge in [0.1, 0.15) is 5.69 Å². The summed E-state index contributed by atoms with van der Waals surface area (Å²) in [5.41, 5.74) is 3.72. The van der Waals surface area contributed by atoms with Crippen molar-refractivity contribution >= 4 is 27.4 Å². The summed E-state index contributed by atoms with van der Waals surface area (Å²) in [6, 6.07) is 5.87. The number of nitrogens with one attached hydrogen (secondary N) is 1. The number of anilines is 1. The van der Waals surface area contributed by atoms with Crippen molar-refractivity contribution in [3.8, 4) is 0 Å². The number of fused-ring (bicyclic) bond motifs is 1. The summed E-state index contributed by atoms with van der Waals surface area (Å²) in [6.45, 7) is 3.77. The lowest BCUT2D eigenvalue weighted by Gasteiger charge is -2.07. The van der Waals surface area contributed by atoms with Crippen molar-refractivity contribution in [3.05, 3.63) is 45.7 Å². The number of aromatic nitrogens is 2. The molecule has 0 amide bonds. The molecule has 0 aliphatic carbocycles. The van der Waals surface area contributed by atoms with Gasteiger partial charge in [0.25, 0.3) is 0 Å². The number of aryl methyl sites for hydroxylation is 1. The van der Waals surface area contributed by atoms with Gasteiger partial charge in [-0.05, 0) is 52.5 Å². The van der Waals surface area contributed by atoms with Crippen LogP contribution in [0, 0.1) is 0 Å². The molecule has 0 unspecified atom stereocenters. The van der Waals surface area contributed by atoms with Gasteiger partial charge in [-0.2, -0.15) is 5.10 Å². The van der Waals surface area contributed by atoms with Crippen LogP contribution in [0.1, 0.15) is 35.0 Å². The highest BCUT2D eigenvalue weighted by Crippen LogP contribution is 2.26. The third-order valence-electron chi connectivity index (χ3n) is 3.52. The smallest absolute Gasteiger partial charge is 0.212 e. The van der Waals surface area contributed by atoms with Gasteiger partial charge in [-0.25, -0.2) is 0 Å². The fourth-order valence-electron chi connectivity index (χ4n) is 2.55. The van der Waals surface area contributed by atoms with Gasteiger partial charge in [0.2, 0.25) is 5.78 Å². The number of nitrogens with zero attached hydrogens (tertiary/aromatic N) is 2. The van der Waals surface area contributed by atoms with Crippen LogP contribution in [0.25, 0.3) is 0 Å². The van der Waals surface area contributed by atoms with E-state index in [2.05, 4.69) is 33.3 Å². The first-order valence-electron chi connectivity index (χ1n) is 6.83. The third-order valence-corrected chi connectivity index (χ3v) is 4.10. The highest BCUT2D eigenvalue weighted by atomic mass is 79.9. The summed E-state index contributed by atoms with van der Waals surface area (Å²) in [5.74, 6) is 0.0255. The first-order chi connectivity index (χ1) is 9.70. The Morgan fingerprint density at radius 3 is 3.15 bits per heavy atom. The van der Waals surface area contributed by atoms with E-state index in [4.69, 9.17) is 0 Å². The Hall–Kier alpha value is -1.62. The van der Waals surface area contributed by atoms with Gasteiger partial charge in [0.05, 0.1) is 10.7 Å². The van der Waals surface area contributed by atoms with Gasteiger partial charge in [-0.1, -0.05) is 6.92 Å². The molecule has 1 aromatic heterocycles. The van der Waals surface area contributed by atoms with Crippen molar-refractivity contribution in [2.24, 2.45) is 0 Å². The Bertz CT molecular complexity index is 663. The normalized spacial score (nSPS) is 13.1. The highest BCUT2D eigenvalue weighted by molar-refractivity contribution is 9.10. The molecular weight excluding hydrogens is 318 g/mol. The van der Waals surface area contributed by atoms with E-state index in [0.29, 0.717) is 5.69 Å². The molecule has 2 heterocycles. The van der Waals surface area contributed by atoms with Crippen LogP contribution >= 0.6 is 15.9 Å². The lowest BCUT2D eigenvalue weighted by Crippen LogP contribution is -2.12. The minimum Gasteiger partial charge on any atom is -0.384 e. The largest absolute Gasteiger partial charge is 0.384 e. The molecule has 0 saturated heterocycles. The molecule has 0 bridgehead atoms. The molecule has 5 heteroatoms. The number of benzene rings is 1. The fraction of sp³-hybridized carbons (Fsp3) is 0.333. The van der Waals surface area contributed by atoms with Crippen LogP contribution in [0.15, 0.2) is 28.9 Å². The molecule has 0 spiro atoms. The van der Waals surface area contributed by atoms with Gasteiger partial charge >= 0.3 is 0 Å². The lowest BCUT2D eigenvalue weighted by atomic mass is 10.0. The number of ketones is 1. The molecule has 1 aromatic carbocycles. The molecule has 1 N–H and O–H groups in total. The molecule has 0 saturated carbocycles. The zero-order chi connectivity index (χ0) is 14.1. The minimum absolute atomic E-state index is 0.0255. The fourth-order valence-corrected chi connectivity index (χ4v) is 3.03. The van der Waals surface area contributed by atoms with Crippen molar-refractivity contribution in [3.63, 3.8) is 0 Å². The van der Waals surface area contributed by atoms with E-state index >= 15 is 0 Å². The van der Waals surface area contributed by atoms with Crippen molar-refractivity contribution in [2.45, 2.75) is 26.3 Å². The Labute approximate surface area is 126 Å². The zero-order valence-corrected chi connectivity index (χ0v) is 12.9. The highest BCUT2D eigenvalue weighted by Gasteiger charge is 2.20. The van der Waals surface area contributed by atoms with Crippen LogP contribution in [0.2, 0.25) is 0 Å². The van der Waals surface area contributed by atoms with Crippen LogP contribution in [-0.4, -0.2) is 22.1 Å². The summed E-state index contributed by atoms with van der Waals surface area (Å²) in [7, 11) is 0. The Kier molecular flexibility index (Phi) is 3.61. The second-order valence-electron chi connectivity index (χ2n) is 4.94. The summed E-state index contributed by atoms with van der Waals surface area (Å²) < 4.78 is 2.53. The standard InChI is InChI=1S/C15H16BrN3O/c1-2-7-19-14(12(16)9-18-19)15(20)11-3-4-13-10(8-11)5-6-17-13/h3-4,8-9,17H,2,5-7H2,1H3. The van der Waals surface area contributed by atoms with Crippen LogP contribution in [-0.2, 0) is 13.0 Å². The van der Waals surface area contributed by atoms with Gasteiger partial charge in [0.15, 0.2) is 0 Å². The van der Waals surface area contributed by atoms with Crippen molar-refractivity contribution in [2.75, 3.05) is 11.9 Å². The first-order valence-corrected chi connectivity index (χ1v) is 7.63. The van der Waals surface area contributed by atoms with E-state index in [9.17, 15) is 4.79 Å². The van der Waals surface area contributed by atoms with Crippen molar-refractivity contribution < 1.29 is 4.79 Å². The van der Waals surface area contributed by atoms with E-state index in [0.717, 1.165) is 41.7 Å². The van der Waals surface area contributed by atoms with Crippen LogP contribution < -0.4 is 5.32 Å². The van der Waals surface area contributed by atoms with E-state index in [1.54, 1.807) is 10.9 Å². The number of halogens is 1. The Morgan fingerprint density at radius 2 is 2.35 bits per heavy atom. The Morgan fingerprint density at radius 1 is 1.50 bits per heavy atom. The third kappa shape index (κ3) is 2.26. The SMILES string of the molecule is CCCn1ncc(Br)c1C(=O)c1ccc2c(c1)CCN2. The van der Waals surface area contributed by atoms with Crippen LogP contribution in [0.4, 0.5) is 5.69 Å². The topological polar surface area (TPSA) is 46.9 Å². The van der Waals surface area contributed by atoms with E-state index in [1.807, 2.05) is 18.2 Å². The molecule has 3 rings (SSSR count). The number of hydrogen-bond donors (Lipinski definition) is 1. The maximum atomic E-state index is 12.7. The summed E-state index contributed by atoms with van der Waals surface area (Å²) >= 11 is 3.43. The summed E-state index contributed by atoms with van der Waals surface area (Å²) in [5, 5.41) is 7.57. The molecule has 0 atom stereocenters. The molecule has 0 radical (unpaired) electrons. The summed E-state index contributed by atoms with van der Waals surface area (Å²) in [6.07, 6.45) is 3.62. The molecule has 104 valence electrons. The number of rotatable bonds is 4. The second-order valence-corrected chi connectivity index (χ2v) is 5.80. The van der Waals surface area contributed by atoms with Gasteiger partial charge in [0, 0.05) is 24.3 Å². The van der Waals surface area contributed by atoms with Gasteiger partial charge in [-0.3, -0.25) is 9.48 Å². The van der Waals surface area contributed by atoms with E-state index < -0.39 is 0 Å². The monoisotopic (exact) mass is 333 g/mol. The molecule has 4 nitrogen and oxygen atoms in total. The number of carbonyl (C=O) groups excluding carboxylic acids is 1. The van der Waals surface area contributed by atoms with E-state index in [1.165, 1.54) is 5.56 Å². The van der Waals surface area contributed by atoms with Crippen LogP contribution in [0.5, 0.6) is 0 Å². The second kappa shape index (κ2) is 5.40. The average Bonchev–Trinajstić information content (AvgIpc) is 3.04. The average molecular weight is 334 g/mol. The molecule has 1 aliphatic rings. The number of carbonyl (C=O) groups is 1. The maximum Gasteiger partial charge on any atom is 0.212 e. The maximum absolute atomic E-state index is 12.7. The molecule has 2 aromatic rings. The molecule has 1 aliphatic heterocycles. The minimum atomic E-state index is 0.0255. The number of hydrogen-bond acceptors (Lipinski definition) is 3. The lowest BCUT2D eigenvalue weighted by molar-refractivity contribution is 0.102. The predicted molar refractivity (Wildman–Crippen MR) is 82.3 cm³/mol. The molecular formula is C15H16BrN3O. The molecule has 0 fully saturated rings. The molecule has 20 heavy (non-hydrogen) atoms.